The van der Waals surface area contributed by atoms with E-state index in [4.69, 9.17) is 16.3 Å². The summed E-state index contributed by atoms with van der Waals surface area (Å²) in [4.78, 5) is 15.2. The molecule has 1 unspecified atom stereocenters. The molecule has 1 saturated carbocycles. The van der Waals surface area contributed by atoms with E-state index >= 15 is 0 Å². The second-order valence-corrected chi connectivity index (χ2v) is 10.9. The molecule has 1 aliphatic rings. The molecule has 0 spiro atoms. The molecular formula is C20H25ClF2N2O3S. The van der Waals surface area contributed by atoms with Gasteiger partial charge < -0.3 is 14.3 Å². The van der Waals surface area contributed by atoms with Crippen LogP contribution in [0.4, 0.5) is 8.78 Å². The van der Waals surface area contributed by atoms with Crippen LogP contribution in [0.5, 0.6) is 5.75 Å². The van der Waals surface area contributed by atoms with Crippen LogP contribution in [0.2, 0.25) is 5.02 Å². The molecule has 0 aliphatic heterocycles. The van der Waals surface area contributed by atoms with Crippen LogP contribution in [0.3, 0.4) is 0 Å². The number of ether oxygens (including phenoxy) is 1. The smallest absolute Gasteiger partial charge is 0.251 e. The summed E-state index contributed by atoms with van der Waals surface area (Å²) >= 11 is 5.07. The molecule has 0 amide bonds. The number of hydrogen-bond donors (Lipinski definition) is 2. The number of nitrogens with one attached hydrogen (secondary N) is 2. The molecule has 9 heteroatoms. The van der Waals surface area contributed by atoms with Gasteiger partial charge in [-0.1, -0.05) is 11.6 Å². The van der Waals surface area contributed by atoms with E-state index < -0.39 is 17.3 Å². The highest BCUT2D eigenvalue weighted by molar-refractivity contribution is 7.90. The second kappa shape index (κ2) is 8.41. The van der Waals surface area contributed by atoms with E-state index in [9.17, 15) is 18.1 Å². The Kier molecular flexibility index (Phi) is 6.48. The Labute approximate surface area is 176 Å². The van der Waals surface area contributed by atoms with Crippen molar-refractivity contribution in [3.63, 3.8) is 0 Å². The van der Waals surface area contributed by atoms with Gasteiger partial charge in [0.15, 0.2) is 0 Å². The third-order valence-electron chi connectivity index (χ3n) is 4.81. The standard InChI is InChI=1S/C20H25ClF2N2O3S/c1-19(2,3)29(27)24-5-4-13-6-14-7-15(21)17(8-16(14)25-18(13)26)28-11-12-9-20(22,23)10-12/h6-8,12,24H,4-5,9-11H2,1-3H3,(H,25,26). The van der Waals surface area contributed by atoms with Gasteiger partial charge in [-0.3, -0.25) is 4.79 Å². The number of alkyl halides is 2. The quantitative estimate of drug-likeness (QED) is 0.625. The molecule has 0 bridgehead atoms. The van der Waals surface area contributed by atoms with Crippen molar-refractivity contribution in [1.82, 2.24) is 9.71 Å². The summed E-state index contributed by atoms with van der Waals surface area (Å²) in [5.41, 5.74) is 0.869. The van der Waals surface area contributed by atoms with Crippen LogP contribution in [-0.2, 0) is 17.8 Å². The summed E-state index contributed by atoms with van der Waals surface area (Å²) < 4.78 is 46.1. The van der Waals surface area contributed by atoms with Gasteiger partial charge in [-0.25, -0.2) is 8.78 Å². The van der Waals surface area contributed by atoms with E-state index in [0.29, 0.717) is 34.8 Å². The predicted molar refractivity (Wildman–Crippen MR) is 112 cm³/mol. The number of fused-ring (bicyclic) bond motifs is 1. The van der Waals surface area contributed by atoms with Crippen molar-refractivity contribution in [2.24, 2.45) is 5.92 Å². The van der Waals surface area contributed by atoms with Crippen LogP contribution in [-0.4, -0.2) is 33.4 Å². The van der Waals surface area contributed by atoms with Crippen LogP contribution in [0.25, 0.3) is 10.9 Å². The van der Waals surface area contributed by atoms with Gasteiger partial charge >= 0.3 is 0 Å². The lowest BCUT2D eigenvalue weighted by Gasteiger charge is -2.34. The number of hydrogen-bond acceptors (Lipinski definition) is 4. The van der Waals surface area contributed by atoms with Gasteiger partial charge in [0.25, 0.3) is 5.56 Å². The van der Waals surface area contributed by atoms with Crippen molar-refractivity contribution >= 4 is 33.9 Å². The highest BCUT2D eigenvalue weighted by Crippen LogP contribution is 2.42. The van der Waals surface area contributed by atoms with Gasteiger partial charge in [-0.2, -0.15) is 0 Å². The molecule has 5 nitrogen and oxygen atoms in total. The maximum Gasteiger partial charge on any atom is 0.251 e. The number of benzene rings is 1. The van der Waals surface area contributed by atoms with Crippen molar-refractivity contribution in [2.45, 2.75) is 50.7 Å². The van der Waals surface area contributed by atoms with E-state index in [2.05, 4.69) is 9.71 Å². The maximum atomic E-state index is 12.9. The van der Waals surface area contributed by atoms with Crippen LogP contribution in [0.1, 0.15) is 39.2 Å². The maximum absolute atomic E-state index is 12.9. The largest absolute Gasteiger partial charge is 0.598 e. The van der Waals surface area contributed by atoms with Gasteiger partial charge in [-0.15, -0.1) is 4.72 Å². The Hall–Kier alpha value is -1.35. The number of aromatic nitrogens is 1. The Morgan fingerprint density at radius 3 is 2.66 bits per heavy atom. The topological polar surface area (TPSA) is 77.2 Å². The molecule has 2 N–H and O–H groups in total. The van der Waals surface area contributed by atoms with E-state index in [1.165, 1.54) is 0 Å². The van der Waals surface area contributed by atoms with Crippen molar-refractivity contribution in [3.05, 3.63) is 39.1 Å². The summed E-state index contributed by atoms with van der Waals surface area (Å²) in [6.45, 7) is 6.18. The normalized spacial score (nSPS) is 17.9. The molecule has 0 saturated heterocycles. The number of H-pyrrole nitrogens is 1. The average Bonchev–Trinajstić information content (AvgIpc) is 2.58. The fourth-order valence-corrected chi connectivity index (χ4v) is 4.10. The third kappa shape index (κ3) is 5.63. The molecule has 1 aromatic heterocycles. The first-order valence-corrected chi connectivity index (χ1v) is 11.0. The lowest BCUT2D eigenvalue weighted by atomic mass is 9.82. The number of pyridine rings is 1. The average molecular weight is 447 g/mol. The van der Waals surface area contributed by atoms with Gasteiger partial charge in [0.2, 0.25) is 5.92 Å². The van der Waals surface area contributed by atoms with E-state index in [-0.39, 0.29) is 35.7 Å². The zero-order valence-electron chi connectivity index (χ0n) is 16.6. The summed E-state index contributed by atoms with van der Waals surface area (Å²) in [5, 5.41) is 1.10. The first-order valence-electron chi connectivity index (χ1n) is 9.46. The Morgan fingerprint density at radius 1 is 1.34 bits per heavy atom. The molecule has 1 aliphatic carbocycles. The first kappa shape index (κ1) is 22.3. The minimum absolute atomic E-state index is 0.166. The first-order chi connectivity index (χ1) is 13.4. The molecule has 2 aromatic rings. The molecule has 3 rings (SSSR count). The predicted octanol–water partition coefficient (Wildman–Crippen LogP) is 4.20. The van der Waals surface area contributed by atoms with Gasteiger partial charge in [0.1, 0.15) is 10.5 Å². The number of halogens is 3. The van der Waals surface area contributed by atoms with Crippen LogP contribution in [0, 0.1) is 5.92 Å². The lowest BCUT2D eigenvalue weighted by Crippen LogP contribution is -2.40. The molecule has 0 radical (unpaired) electrons. The minimum Gasteiger partial charge on any atom is -0.598 e. The minimum atomic E-state index is -2.59. The SMILES string of the molecule is CC(C)(C)[S+]([O-])NCCc1cc2cc(Cl)c(OCC3CC(F)(F)C3)cc2[nH]c1=O. The molecule has 29 heavy (non-hydrogen) atoms. The van der Waals surface area contributed by atoms with Gasteiger partial charge in [0.05, 0.1) is 17.1 Å². The van der Waals surface area contributed by atoms with Crippen LogP contribution >= 0.6 is 11.6 Å². The number of aromatic amines is 1. The molecule has 1 aromatic carbocycles. The monoisotopic (exact) mass is 446 g/mol. The Morgan fingerprint density at radius 2 is 2.03 bits per heavy atom. The zero-order valence-corrected chi connectivity index (χ0v) is 18.2. The van der Waals surface area contributed by atoms with Crippen molar-refractivity contribution in [2.75, 3.05) is 13.2 Å². The summed E-state index contributed by atoms with van der Waals surface area (Å²) in [5.74, 6) is -2.42. The second-order valence-electron chi connectivity index (χ2n) is 8.46. The number of rotatable bonds is 7. The van der Waals surface area contributed by atoms with Gasteiger partial charge in [0, 0.05) is 53.7 Å². The molecular weight excluding hydrogens is 422 g/mol. The highest BCUT2D eigenvalue weighted by Gasteiger charge is 2.45. The summed E-state index contributed by atoms with van der Waals surface area (Å²) in [7, 11) is 0. The van der Waals surface area contributed by atoms with E-state index in [0.717, 1.165) is 5.39 Å². The van der Waals surface area contributed by atoms with Crippen molar-refractivity contribution in [3.8, 4) is 5.75 Å². The highest BCUT2D eigenvalue weighted by atomic mass is 35.5. The van der Waals surface area contributed by atoms with Gasteiger partial charge in [-0.05, 0) is 39.3 Å². The summed E-state index contributed by atoms with van der Waals surface area (Å²) in [6, 6.07) is 5.05. The molecule has 160 valence electrons. The molecule has 1 heterocycles. The summed E-state index contributed by atoms with van der Waals surface area (Å²) in [6.07, 6.45) is 0.0672. The lowest BCUT2D eigenvalue weighted by molar-refractivity contribution is -0.119. The fourth-order valence-electron chi connectivity index (χ4n) is 3.15. The van der Waals surface area contributed by atoms with Crippen LogP contribution in [0.15, 0.2) is 23.0 Å². The van der Waals surface area contributed by atoms with Crippen molar-refractivity contribution in [1.29, 1.82) is 0 Å². The Bertz CT molecular complexity index is 938. The molecule has 1 atom stereocenters. The fraction of sp³-hybridized carbons (Fsp3) is 0.550. The van der Waals surface area contributed by atoms with E-state index in [1.54, 1.807) is 18.2 Å². The Balaban J connectivity index is 1.67. The van der Waals surface area contributed by atoms with Crippen LogP contribution < -0.4 is 15.0 Å². The van der Waals surface area contributed by atoms with Crippen molar-refractivity contribution < 1.29 is 18.1 Å². The molecule has 1 fully saturated rings. The zero-order chi connectivity index (χ0) is 21.4. The third-order valence-corrected chi connectivity index (χ3v) is 6.68. The van der Waals surface area contributed by atoms with E-state index in [1.807, 2.05) is 20.8 Å².